The number of carbonyl (C=O) groups excluding carboxylic acids is 1. The van der Waals surface area contributed by atoms with E-state index in [0.717, 1.165) is 82.6 Å². The first-order valence-corrected chi connectivity index (χ1v) is 18.1. The molecule has 3 aromatic rings. The van der Waals surface area contributed by atoms with Crippen LogP contribution in [0.25, 0.3) is 11.1 Å². The molecule has 1 heterocycles. The summed E-state index contributed by atoms with van der Waals surface area (Å²) in [6, 6.07) is 24.6. The zero-order valence-electron chi connectivity index (χ0n) is 26.4. The molecule has 3 unspecified atom stereocenters. The van der Waals surface area contributed by atoms with Crippen LogP contribution >= 0.6 is 11.8 Å². The first-order valence-electron chi connectivity index (χ1n) is 16.9. The van der Waals surface area contributed by atoms with Crippen LogP contribution in [0.1, 0.15) is 79.6 Å². The molecule has 8 rings (SSSR count). The number of aliphatic hydroxyl groups is 2. The molecule has 8 heteroatoms. The van der Waals surface area contributed by atoms with E-state index >= 15 is 0 Å². The van der Waals surface area contributed by atoms with Gasteiger partial charge in [-0.1, -0.05) is 66.7 Å². The lowest BCUT2D eigenvalue weighted by molar-refractivity contribution is -0.245. The summed E-state index contributed by atoms with van der Waals surface area (Å²) in [6.07, 6.45) is 7.62. The lowest BCUT2D eigenvalue weighted by Crippen LogP contribution is -2.61. The SMILES string of the molecule is O=C(NCc1cccc(-c2ccc(C3OC(CSCCO)CC(c4ccc(CO)cc4)O3)cc2)c1)NC12CC3CC(CC(C3)C1)C2. The van der Waals surface area contributed by atoms with Crippen LogP contribution in [0.4, 0.5) is 4.79 Å². The van der Waals surface area contributed by atoms with Crippen LogP contribution in [0.3, 0.4) is 0 Å². The number of nitrogens with one attached hydrogen (secondary N) is 2. The fourth-order valence-electron chi connectivity index (χ4n) is 8.73. The second-order valence-electron chi connectivity index (χ2n) is 14.0. The van der Waals surface area contributed by atoms with Crippen molar-refractivity contribution in [1.82, 2.24) is 10.6 Å². The van der Waals surface area contributed by atoms with Crippen molar-refractivity contribution in [3.05, 3.63) is 95.1 Å². The van der Waals surface area contributed by atoms with Crippen LogP contribution in [0.5, 0.6) is 0 Å². The molecule has 46 heavy (non-hydrogen) atoms. The third kappa shape index (κ3) is 7.32. The number of aliphatic hydroxyl groups excluding tert-OH is 2. The molecular formula is C38H46N2O5S. The van der Waals surface area contributed by atoms with E-state index in [4.69, 9.17) is 9.47 Å². The number of thioether (sulfide) groups is 1. The van der Waals surface area contributed by atoms with Gasteiger partial charge >= 0.3 is 6.03 Å². The molecule has 4 saturated carbocycles. The van der Waals surface area contributed by atoms with Gasteiger partial charge in [0.25, 0.3) is 0 Å². The molecule has 0 radical (unpaired) electrons. The van der Waals surface area contributed by atoms with E-state index in [9.17, 15) is 15.0 Å². The largest absolute Gasteiger partial charge is 0.396 e. The van der Waals surface area contributed by atoms with Crippen molar-refractivity contribution in [2.75, 3.05) is 18.1 Å². The quantitative estimate of drug-likeness (QED) is 0.170. The third-order valence-corrected chi connectivity index (χ3v) is 11.5. The second kappa shape index (κ2) is 14.1. The first kappa shape index (κ1) is 31.7. The number of ether oxygens (including phenoxy) is 2. The van der Waals surface area contributed by atoms with Gasteiger partial charge in [-0.2, -0.15) is 11.8 Å². The van der Waals surface area contributed by atoms with E-state index in [-0.39, 0.29) is 37.0 Å². The molecule has 4 bridgehead atoms. The molecule has 4 N–H and O–H groups in total. The van der Waals surface area contributed by atoms with Crippen LogP contribution in [-0.2, 0) is 22.6 Å². The maximum atomic E-state index is 13.0. The van der Waals surface area contributed by atoms with Gasteiger partial charge in [0.2, 0.25) is 0 Å². The molecule has 3 aromatic carbocycles. The van der Waals surface area contributed by atoms with Gasteiger partial charge in [-0.15, -0.1) is 0 Å². The molecule has 2 amide bonds. The summed E-state index contributed by atoms with van der Waals surface area (Å²) < 4.78 is 12.9. The highest BCUT2D eigenvalue weighted by molar-refractivity contribution is 7.99. The van der Waals surface area contributed by atoms with E-state index in [1.165, 1.54) is 19.3 Å². The normalized spacial score (nSPS) is 29.9. The smallest absolute Gasteiger partial charge is 0.315 e. The van der Waals surface area contributed by atoms with Crippen molar-refractivity contribution in [2.45, 2.75) is 82.1 Å². The summed E-state index contributed by atoms with van der Waals surface area (Å²) in [6.45, 7) is 0.655. The average molecular weight is 643 g/mol. The number of urea groups is 1. The molecule has 0 spiro atoms. The van der Waals surface area contributed by atoms with Crippen LogP contribution in [0.15, 0.2) is 72.8 Å². The molecular weight excluding hydrogens is 596 g/mol. The Labute approximate surface area is 276 Å². The summed E-state index contributed by atoms with van der Waals surface area (Å²) in [5.41, 5.74) is 6.16. The minimum Gasteiger partial charge on any atom is -0.396 e. The highest BCUT2D eigenvalue weighted by Gasteiger charge is 2.51. The molecule has 3 atom stereocenters. The van der Waals surface area contributed by atoms with Gasteiger partial charge < -0.3 is 30.3 Å². The lowest BCUT2D eigenvalue weighted by atomic mass is 9.53. The standard InChI is InChI=1S/C38H46N2O5S/c41-12-13-46-24-34-18-35(31-6-4-25(23-42)5-7-31)45-36(44-34)32-10-8-30(9-11-32)33-3-1-2-26(17-33)22-39-37(43)40-38-19-27-14-28(20-38)16-29(15-27)21-38/h1-11,17,27-29,34-36,41-42H,12-16,18-24H2,(H2,39,40,43). The number of benzene rings is 3. The maximum absolute atomic E-state index is 13.0. The average Bonchev–Trinajstić information content (AvgIpc) is 3.07. The van der Waals surface area contributed by atoms with Crippen molar-refractivity contribution < 1.29 is 24.5 Å². The molecule has 4 aliphatic carbocycles. The summed E-state index contributed by atoms with van der Waals surface area (Å²) in [5.74, 6) is 3.86. The Balaban J connectivity index is 0.985. The van der Waals surface area contributed by atoms with E-state index < -0.39 is 6.29 Å². The molecule has 5 aliphatic rings. The zero-order chi connectivity index (χ0) is 31.5. The van der Waals surface area contributed by atoms with E-state index in [1.54, 1.807) is 11.8 Å². The molecule has 1 aliphatic heterocycles. The second-order valence-corrected chi connectivity index (χ2v) is 15.1. The first-order chi connectivity index (χ1) is 22.5. The Bertz CT molecular complexity index is 1440. The fraction of sp³-hybridized carbons (Fsp3) is 0.500. The Morgan fingerprint density at radius 2 is 1.50 bits per heavy atom. The number of hydrogen-bond donors (Lipinski definition) is 4. The Kier molecular flexibility index (Phi) is 9.70. The Morgan fingerprint density at radius 1 is 0.804 bits per heavy atom. The van der Waals surface area contributed by atoms with Gasteiger partial charge in [0, 0.05) is 35.6 Å². The van der Waals surface area contributed by atoms with Gasteiger partial charge in [0.15, 0.2) is 6.29 Å². The number of carbonyl (C=O) groups is 1. The molecule has 1 saturated heterocycles. The summed E-state index contributed by atoms with van der Waals surface area (Å²) in [5, 5.41) is 25.3. The minimum absolute atomic E-state index is 0.0109. The highest BCUT2D eigenvalue weighted by Crippen LogP contribution is 2.55. The number of rotatable bonds is 11. The van der Waals surface area contributed by atoms with Crippen LogP contribution in [0, 0.1) is 17.8 Å². The van der Waals surface area contributed by atoms with E-state index in [1.807, 2.05) is 30.3 Å². The van der Waals surface area contributed by atoms with Crippen LogP contribution < -0.4 is 10.6 Å². The molecule has 244 valence electrons. The monoisotopic (exact) mass is 642 g/mol. The Morgan fingerprint density at radius 3 is 2.17 bits per heavy atom. The van der Waals surface area contributed by atoms with Crippen LogP contribution in [0.2, 0.25) is 0 Å². The van der Waals surface area contributed by atoms with Gasteiger partial charge in [-0.05, 0) is 90.2 Å². The third-order valence-electron chi connectivity index (χ3n) is 10.5. The molecule has 7 nitrogen and oxygen atoms in total. The minimum atomic E-state index is -0.506. The number of hydrogen-bond acceptors (Lipinski definition) is 6. The maximum Gasteiger partial charge on any atom is 0.315 e. The van der Waals surface area contributed by atoms with Crippen LogP contribution in [-0.4, -0.2) is 46.0 Å². The van der Waals surface area contributed by atoms with Gasteiger partial charge in [0.05, 0.1) is 25.4 Å². The van der Waals surface area contributed by atoms with Crippen molar-refractivity contribution >= 4 is 17.8 Å². The summed E-state index contributed by atoms with van der Waals surface area (Å²) >= 11 is 1.69. The van der Waals surface area contributed by atoms with Gasteiger partial charge in [-0.25, -0.2) is 4.79 Å². The van der Waals surface area contributed by atoms with Gasteiger partial charge in [-0.3, -0.25) is 0 Å². The lowest BCUT2D eigenvalue weighted by Gasteiger charge is -2.56. The zero-order valence-corrected chi connectivity index (χ0v) is 27.2. The predicted molar refractivity (Wildman–Crippen MR) is 181 cm³/mol. The van der Waals surface area contributed by atoms with Crippen molar-refractivity contribution in [1.29, 1.82) is 0 Å². The van der Waals surface area contributed by atoms with E-state index in [2.05, 4.69) is 53.1 Å². The molecule has 5 fully saturated rings. The summed E-state index contributed by atoms with van der Waals surface area (Å²) in [7, 11) is 0. The van der Waals surface area contributed by atoms with E-state index in [0.29, 0.717) is 12.3 Å². The predicted octanol–water partition coefficient (Wildman–Crippen LogP) is 6.88. The fourth-order valence-corrected chi connectivity index (χ4v) is 9.50. The Hall–Kier alpha value is -2.88. The highest BCUT2D eigenvalue weighted by atomic mass is 32.2. The van der Waals surface area contributed by atoms with Gasteiger partial charge in [0.1, 0.15) is 0 Å². The topological polar surface area (TPSA) is 100 Å². The summed E-state index contributed by atoms with van der Waals surface area (Å²) in [4.78, 5) is 13.0. The molecule has 0 aromatic heterocycles. The number of amides is 2. The van der Waals surface area contributed by atoms with Crippen molar-refractivity contribution in [2.24, 2.45) is 17.8 Å². The van der Waals surface area contributed by atoms with Crippen molar-refractivity contribution in [3.8, 4) is 11.1 Å². The van der Waals surface area contributed by atoms with Crippen molar-refractivity contribution in [3.63, 3.8) is 0 Å².